The molecular weight excluding hydrogens is 615 g/mol. The first-order valence-corrected chi connectivity index (χ1v) is 16.9. The molecule has 11 nitrogen and oxygen atoms in total. The number of ketones is 4. The lowest BCUT2D eigenvalue weighted by Gasteiger charge is -2.20. The molecule has 4 atom stereocenters. The number of thiazole rings is 2. The van der Waals surface area contributed by atoms with E-state index in [2.05, 4.69) is 20.0 Å². The first-order chi connectivity index (χ1) is 21.9. The van der Waals surface area contributed by atoms with Gasteiger partial charge in [0, 0.05) is 23.7 Å². The quantitative estimate of drug-likeness (QED) is 0.265. The minimum Gasteiger partial charge on any atom is -0.444 e. The highest BCUT2D eigenvalue weighted by Gasteiger charge is 2.49. The van der Waals surface area contributed by atoms with E-state index in [1.165, 1.54) is 4.57 Å². The number of aliphatic imine (C=N–C) groups is 2. The number of aromatic nitrogens is 3. The Kier molecular flexibility index (Phi) is 6.90. The lowest BCUT2D eigenvalue weighted by Crippen LogP contribution is -2.21. The van der Waals surface area contributed by atoms with Crippen molar-refractivity contribution in [1.82, 2.24) is 14.5 Å². The van der Waals surface area contributed by atoms with Crippen LogP contribution in [0.1, 0.15) is 56.9 Å². The average molecular weight is 642 g/mol. The molecule has 0 amide bonds. The molecule has 4 unspecified atom stereocenters. The molecule has 4 fully saturated rings. The molecule has 0 radical (unpaired) electrons. The molecule has 0 aliphatic heterocycles. The molecule has 4 aliphatic rings. The van der Waals surface area contributed by atoms with E-state index in [1.54, 1.807) is 0 Å². The van der Waals surface area contributed by atoms with Crippen molar-refractivity contribution < 1.29 is 28.7 Å². The van der Waals surface area contributed by atoms with Crippen LogP contribution in [0.4, 0.5) is 15.1 Å². The number of fused-ring (bicyclic) bond motifs is 5. The third-order valence-electron chi connectivity index (χ3n) is 9.44. The Balaban J connectivity index is 1.20. The third kappa shape index (κ3) is 4.62. The Hall–Kier alpha value is -4.23. The van der Waals surface area contributed by atoms with E-state index < -0.39 is 6.09 Å². The van der Waals surface area contributed by atoms with Gasteiger partial charge < -0.3 is 4.74 Å². The SMILES string of the molecule is O=C1C(=Nc2nc3c(s2)c2sc(N=C4C(=O)C5CCCCC5C4=O)nc2n3C(=O)OCc2ccccc2)C(=O)C2CCCCC12. The monoisotopic (exact) mass is 641 g/mol. The zero-order valence-corrected chi connectivity index (χ0v) is 25.7. The summed E-state index contributed by atoms with van der Waals surface area (Å²) >= 11 is 2.27. The Morgan fingerprint density at radius 1 is 0.711 bits per heavy atom. The molecule has 3 aromatic heterocycles. The zero-order chi connectivity index (χ0) is 30.8. The van der Waals surface area contributed by atoms with E-state index in [1.807, 2.05) is 30.3 Å². The number of hydrogen-bond donors (Lipinski definition) is 0. The van der Waals surface area contributed by atoms with Gasteiger partial charge in [-0.05, 0) is 31.2 Å². The molecule has 0 N–H and O–H groups in total. The largest absolute Gasteiger partial charge is 0.444 e. The number of Topliss-reactive ketones (excluding diaryl/α,β-unsaturated/α-hetero) is 4. The Morgan fingerprint density at radius 2 is 1.13 bits per heavy atom. The summed E-state index contributed by atoms with van der Waals surface area (Å²) in [6.07, 6.45) is 5.67. The molecule has 4 aromatic rings. The number of ether oxygens (including phenoxy) is 1. The van der Waals surface area contributed by atoms with Crippen molar-refractivity contribution in [1.29, 1.82) is 0 Å². The summed E-state index contributed by atoms with van der Waals surface area (Å²) in [6.45, 7) is 0.0109. The lowest BCUT2D eigenvalue weighted by molar-refractivity contribution is -0.120. The van der Waals surface area contributed by atoms with Crippen LogP contribution in [-0.2, 0) is 30.5 Å². The van der Waals surface area contributed by atoms with Crippen LogP contribution in [0.15, 0.2) is 40.3 Å². The Labute approximate surface area is 264 Å². The molecule has 4 aliphatic carbocycles. The Morgan fingerprint density at radius 3 is 1.56 bits per heavy atom. The van der Waals surface area contributed by atoms with E-state index in [4.69, 9.17) is 4.74 Å². The van der Waals surface area contributed by atoms with Crippen LogP contribution in [0.25, 0.3) is 20.7 Å². The number of carbonyl (C=O) groups is 5. The van der Waals surface area contributed by atoms with Gasteiger partial charge in [-0.25, -0.2) is 19.3 Å². The van der Waals surface area contributed by atoms with Crippen LogP contribution >= 0.6 is 22.7 Å². The fourth-order valence-electron chi connectivity index (χ4n) is 7.23. The number of hydrogen-bond acceptors (Lipinski definition) is 12. The van der Waals surface area contributed by atoms with Gasteiger partial charge in [-0.1, -0.05) is 78.7 Å². The molecule has 8 rings (SSSR count). The molecule has 4 saturated carbocycles. The van der Waals surface area contributed by atoms with Gasteiger partial charge in [0.25, 0.3) is 0 Å². The highest BCUT2D eigenvalue weighted by atomic mass is 32.1. The third-order valence-corrected chi connectivity index (χ3v) is 11.5. The van der Waals surface area contributed by atoms with Crippen molar-refractivity contribution in [2.45, 2.75) is 58.0 Å². The first-order valence-electron chi connectivity index (χ1n) is 15.3. The van der Waals surface area contributed by atoms with Crippen LogP contribution in [0, 0.1) is 23.7 Å². The normalized spacial score (nSPS) is 24.9. The maximum atomic E-state index is 13.5. The van der Waals surface area contributed by atoms with Gasteiger partial charge in [0.2, 0.25) is 10.3 Å². The predicted molar refractivity (Wildman–Crippen MR) is 168 cm³/mol. The summed E-state index contributed by atoms with van der Waals surface area (Å²) in [6, 6.07) is 9.22. The number of rotatable bonds is 4. The molecule has 0 saturated heterocycles. The van der Waals surface area contributed by atoms with Crippen molar-refractivity contribution >= 4 is 94.3 Å². The zero-order valence-electron chi connectivity index (χ0n) is 24.1. The van der Waals surface area contributed by atoms with Gasteiger partial charge in [-0.15, -0.1) is 0 Å². The van der Waals surface area contributed by atoms with Gasteiger partial charge in [0.1, 0.15) is 6.61 Å². The maximum absolute atomic E-state index is 13.5. The van der Waals surface area contributed by atoms with E-state index >= 15 is 0 Å². The first kappa shape index (κ1) is 28.3. The fraction of sp³-hybridized carbons (Fsp3) is 0.406. The van der Waals surface area contributed by atoms with E-state index in [0.29, 0.717) is 35.1 Å². The number of carbonyl (C=O) groups excluding carboxylic acids is 5. The van der Waals surface area contributed by atoms with E-state index in [9.17, 15) is 24.0 Å². The molecule has 0 spiro atoms. The van der Waals surface area contributed by atoms with Gasteiger partial charge in [0.15, 0.2) is 45.9 Å². The second-order valence-corrected chi connectivity index (χ2v) is 14.0. The van der Waals surface area contributed by atoms with Crippen LogP contribution in [0.5, 0.6) is 0 Å². The average Bonchev–Trinajstić information content (AvgIpc) is 3.83. The minimum atomic E-state index is -0.731. The molecule has 228 valence electrons. The van der Waals surface area contributed by atoms with Gasteiger partial charge in [-0.3, -0.25) is 19.2 Å². The van der Waals surface area contributed by atoms with Gasteiger partial charge in [0.05, 0.1) is 9.40 Å². The molecule has 3 heterocycles. The van der Waals surface area contributed by atoms with Crippen molar-refractivity contribution in [2.24, 2.45) is 33.7 Å². The molecule has 13 heteroatoms. The van der Waals surface area contributed by atoms with E-state index in [0.717, 1.165) is 53.9 Å². The highest BCUT2D eigenvalue weighted by molar-refractivity contribution is 7.30. The van der Waals surface area contributed by atoms with Crippen LogP contribution in [-0.4, -0.2) is 55.2 Å². The van der Waals surface area contributed by atoms with Crippen LogP contribution < -0.4 is 0 Å². The lowest BCUT2D eigenvalue weighted by atomic mass is 9.81. The smallest absolute Gasteiger partial charge is 0.421 e. The second kappa shape index (κ2) is 11.0. The summed E-state index contributed by atoms with van der Waals surface area (Å²) < 4.78 is 7.97. The summed E-state index contributed by atoms with van der Waals surface area (Å²) in [5.41, 5.74) is 1.11. The number of nitrogens with zero attached hydrogens (tertiary/aromatic N) is 5. The standard InChI is InChI=1S/C32H27N5O6S2/c38-22-16-10-4-5-11-17(16)23(39)20(22)33-30-35-28-26(44-30)27-29(37(28)32(42)43-14-15-8-2-1-3-9-15)36-31(45-27)34-21-24(40)18-12-6-7-13-19(18)25(21)41/h1-3,8-9,16-19H,4-7,10-14H2. The van der Waals surface area contributed by atoms with Crippen molar-refractivity contribution in [2.75, 3.05) is 0 Å². The summed E-state index contributed by atoms with van der Waals surface area (Å²) in [5.74, 6) is -2.21. The minimum absolute atomic E-state index is 0.0109. The highest BCUT2D eigenvalue weighted by Crippen LogP contribution is 2.44. The topological polar surface area (TPSA) is 150 Å². The van der Waals surface area contributed by atoms with Gasteiger partial charge in [-0.2, -0.15) is 9.97 Å². The molecule has 1 aromatic carbocycles. The Bertz CT molecular complexity index is 1840. The van der Waals surface area contributed by atoms with Crippen LogP contribution in [0.2, 0.25) is 0 Å². The van der Waals surface area contributed by atoms with Crippen molar-refractivity contribution in [3.63, 3.8) is 0 Å². The van der Waals surface area contributed by atoms with Crippen molar-refractivity contribution in [3.8, 4) is 0 Å². The molecular formula is C32H27N5O6S2. The fourth-order valence-corrected chi connectivity index (χ4v) is 9.21. The second-order valence-electron chi connectivity index (χ2n) is 12.0. The number of benzene rings is 1. The summed E-state index contributed by atoms with van der Waals surface area (Å²) in [7, 11) is 0. The summed E-state index contributed by atoms with van der Waals surface area (Å²) in [5, 5.41) is 0.349. The van der Waals surface area contributed by atoms with E-state index in [-0.39, 0.29) is 86.4 Å². The maximum Gasteiger partial charge on any atom is 0.421 e. The van der Waals surface area contributed by atoms with Gasteiger partial charge >= 0.3 is 6.09 Å². The molecule has 45 heavy (non-hydrogen) atoms. The van der Waals surface area contributed by atoms with Crippen molar-refractivity contribution in [3.05, 3.63) is 35.9 Å². The predicted octanol–water partition coefficient (Wildman–Crippen LogP) is 5.95. The summed E-state index contributed by atoms with van der Waals surface area (Å²) in [4.78, 5) is 83.9. The molecule has 0 bridgehead atoms. The van der Waals surface area contributed by atoms with Crippen LogP contribution in [0.3, 0.4) is 0 Å².